The van der Waals surface area contributed by atoms with E-state index in [1.165, 1.54) is 18.6 Å². The maximum Gasteiger partial charge on any atom is 0.225 e. The van der Waals surface area contributed by atoms with Gasteiger partial charge in [-0.2, -0.15) is 5.10 Å². The lowest BCUT2D eigenvalue weighted by atomic mass is 9.94. The number of nitrogens with zero attached hydrogens (tertiary/aromatic N) is 3. The molecule has 1 aliphatic rings. The fraction of sp³-hybridized carbons (Fsp3) is 0.600. The van der Waals surface area contributed by atoms with E-state index in [2.05, 4.69) is 5.10 Å². The maximum absolute atomic E-state index is 14.1. The van der Waals surface area contributed by atoms with Crippen LogP contribution in [-0.2, 0) is 32.5 Å². The highest BCUT2D eigenvalue weighted by Gasteiger charge is 2.27. The Morgan fingerprint density at radius 3 is 2.58 bits per heavy atom. The first kappa shape index (κ1) is 25.3. The van der Waals surface area contributed by atoms with Gasteiger partial charge in [0.2, 0.25) is 5.91 Å². The molecule has 1 heterocycles. The van der Waals surface area contributed by atoms with Crippen LogP contribution in [0, 0.1) is 5.82 Å². The van der Waals surface area contributed by atoms with Crippen LogP contribution in [0.25, 0.3) is 11.1 Å². The zero-order valence-electron chi connectivity index (χ0n) is 20.0. The van der Waals surface area contributed by atoms with Gasteiger partial charge in [-0.1, -0.05) is 25.3 Å². The van der Waals surface area contributed by atoms with Crippen molar-refractivity contribution in [1.29, 1.82) is 0 Å². The Balaban J connectivity index is 1.48. The number of ether oxygens (including phenoxy) is 3. The Labute approximate surface area is 195 Å². The summed E-state index contributed by atoms with van der Waals surface area (Å²) >= 11 is 0. The standard InChI is InChI=1S/C25H36FN3O4/c1-28-17-21(16-27-28)20-13-19(14-22(26)15-20)9-11-33-12-10-24(30)29(18-25(31-2)32-3)23-7-5-4-6-8-23/h13-17,23,25H,4-12,18H2,1-3H3. The van der Waals surface area contributed by atoms with E-state index in [1.54, 1.807) is 25.1 Å². The van der Waals surface area contributed by atoms with E-state index in [1.807, 2.05) is 24.2 Å². The first-order chi connectivity index (χ1) is 16.0. The molecular formula is C25H36FN3O4. The summed E-state index contributed by atoms with van der Waals surface area (Å²) in [5.41, 5.74) is 2.52. The Kier molecular flexibility index (Phi) is 9.84. The van der Waals surface area contributed by atoms with Crippen molar-refractivity contribution in [3.63, 3.8) is 0 Å². The third-order valence-electron chi connectivity index (χ3n) is 6.20. The Morgan fingerprint density at radius 1 is 1.15 bits per heavy atom. The second kappa shape index (κ2) is 12.8. The highest BCUT2D eigenvalue weighted by Crippen LogP contribution is 2.24. The van der Waals surface area contributed by atoms with E-state index in [0.29, 0.717) is 32.6 Å². The van der Waals surface area contributed by atoms with Crippen molar-refractivity contribution in [1.82, 2.24) is 14.7 Å². The summed E-state index contributed by atoms with van der Waals surface area (Å²) in [6.07, 6.45) is 9.57. The van der Waals surface area contributed by atoms with Gasteiger partial charge in [0.05, 0.1) is 32.4 Å². The van der Waals surface area contributed by atoms with Gasteiger partial charge in [-0.25, -0.2) is 4.39 Å². The smallest absolute Gasteiger partial charge is 0.225 e. The third kappa shape index (κ3) is 7.62. The van der Waals surface area contributed by atoms with Crippen molar-refractivity contribution >= 4 is 5.91 Å². The molecular weight excluding hydrogens is 425 g/mol. The highest BCUT2D eigenvalue weighted by atomic mass is 19.1. The number of carbonyl (C=O) groups excluding carboxylic acids is 1. The average Bonchev–Trinajstić information content (AvgIpc) is 3.26. The zero-order valence-corrected chi connectivity index (χ0v) is 20.0. The molecule has 1 fully saturated rings. The largest absolute Gasteiger partial charge is 0.381 e. The molecule has 8 heteroatoms. The predicted molar refractivity (Wildman–Crippen MR) is 124 cm³/mol. The quantitative estimate of drug-likeness (QED) is 0.354. The molecule has 0 saturated heterocycles. The summed E-state index contributed by atoms with van der Waals surface area (Å²) in [4.78, 5) is 14.9. The molecule has 0 atom stereocenters. The van der Waals surface area contributed by atoms with Crippen LogP contribution in [0.1, 0.15) is 44.1 Å². The molecule has 1 aromatic carbocycles. The van der Waals surface area contributed by atoms with Crippen LogP contribution in [-0.4, -0.2) is 66.9 Å². The van der Waals surface area contributed by atoms with Crippen LogP contribution in [0.2, 0.25) is 0 Å². The summed E-state index contributed by atoms with van der Waals surface area (Å²) in [6.45, 7) is 1.18. The normalized spacial score (nSPS) is 14.7. The molecule has 0 spiro atoms. The Morgan fingerprint density at radius 2 is 1.91 bits per heavy atom. The fourth-order valence-electron chi connectivity index (χ4n) is 4.38. The SMILES string of the molecule is COC(CN(C(=O)CCOCCc1cc(F)cc(-c2cnn(C)c2)c1)C1CCCCC1)OC. The predicted octanol–water partition coefficient (Wildman–Crippen LogP) is 3.96. The van der Waals surface area contributed by atoms with Crippen molar-refractivity contribution in [2.24, 2.45) is 7.05 Å². The molecule has 0 radical (unpaired) electrons. The van der Waals surface area contributed by atoms with Crippen molar-refractivity contribution in [2.45, 2.75) is 57.3 Å². The molecule has 0 N–H and O–H groups in total. The number of benzene rings is 1. The van der Waals surface area contributed by atoms with Crippen molar-refractivity contribution < 1.29 is 23.4 Å². The fourth-order valence-corrected chi connectivity index (χ4v) is 4.38. The molecule has 33 heavy (non-hydrogen) atoms. The number of rotatable bonds is 12. The van der Waals surface area contributed by atoms with Gasteiger partial charge in [-0.05, 0) is 42.5 Å². The van der Waals surface area contributed by atoms with Gasteiger partial charge in [-0.15, -0.1) is 0 Å². The minimum absolute atomic E-state index is 0.0608. The maximum atomic E-state index is 14.1. The van der Waals surface area contributed by atoms with Gasteiger partial charge in [0.1, 0.15) is 5.82 Å². The lowest BCUT2D eigenvalue weighted by molar-refractivity contribution is -0.151. The molecule has 7 nitrogen and oxygen atoms in total. The van der Waals surface area contributed by atoms with Crippen LogP contribution in [0.4, 0.5) is 4.39 Å². The first-order valence-electron chi connectivity index (χ1n) is 11.7. The lowest BCUT2D eigenvalue weighted by Crippen LogP contribution is -2.46. The number of aryl methyl sites for hydroxylation is 1. The van der Waals surface area contributed by atoms with Crippen LogP contribution in [0.15, 0.2) is 30.6 Å². The van der Waals surface area contributed by atoms with Crippen LogP contribution in [0.3, 0.4) is 0 Å². The first-order valence-corrected chi connectivity index (χ1v) is 11.7. The number of carbonyl (C=O) groups is 1. The highest BCUT2D eigenvalue weighted by molar-refractivity contribution is 5.76. The number of aromatic nitrogens is 2. The van der Waals surface area contributed by atoms with Crippen LogP contribution >= 0.6 is 0 Å². The van der Waals surface area contributed by atoms with E-state index >= 15 is 0 Å². The monoisotopic (exact) mass is 461 g/mol. The summed E-state index contributed by atoms with van der Waals surface area (Å²) < 4.78 is 32.2. The van der Waals surface area contributed by atoms with Gasteiger partial charge in [0.15, 0.2) is 6.29 Å². The van der Waals surface area contributed by atoms with Crippen LogP contribution in [0.5, 0.6) is 0 Å². The number of hydrogen-bond donors (Lipinski definition) is 0. The number of methoxy groups -OCH3 is 2. The van der Waals surface area contributed by atoms with Crippen molar-refractivity contribution in [2.75, 3.05) is 34.0 Å². The molecule has 0 bridgehead atoms. The van der Waals surface area contributed by atoms with E-state index < -0.39 is 6.29 Å². The molecule has 1 amide bonds. The zero-order chi connectivity index (χ0) is 23.6. The lowest BCUT2D eigenvalue weighted by Gasteiger charge is -2.36. The number of halogens is 1. The molecule has 1 aromatic heterocycles. The van der Waals surface area contributed by atoms with E-state index in [-0.39, 0.29) is 17.8 Å². The summed E-state index contributed by atoms with van der Waals surface area (Å²) in [5, 5.41) is 4.15. The van der Waals surface area contributed by atoms with E-state index in [4.69, 9.17) is 14.2 Å². The number of amides is 1. The number of hydrogen-bond acceptors (Lipinski definition) is 5. The minimum atomic E-state index is -0.432. The van der Waals surface area contributed by atoms with Crippen LogP contribution < -0.4 is 0 Å². The molecule has 182 valence electrons. The van der Waals surface area contributed by atoms with Gasteiger partial charge < -0.3 is 19.1 Å². The minimum Gasteiger partial charge on any atom is -0.381 e. The molecule has 0 aliphatic heterocycles. The van der Waals surface area contributed by atoms with Gasteiger partial charge in [0.25, 0.3) is 0 Å². The van der Waals surface area contributed by atoms with Gasteiger partial charge in [-0.3, -0.25) is 9.48 Å². The van der Waals surface area contributed by atoms with E-state index in [0.717, 1.165) is 42.4 Å². The third-order valence-corrected chi connectivity index (χ3v) is 6.20. The molecule has 2 aromatic rings. The topological polar surface area (TPSA) is 65.8 Å². The Hall–Kier alpha value is -2.29. The van der Waals surface area contributed by atoms with Gasteiger partial charge in [0, 0.05) is 39.1 Å². The van der Waals surface area contributed by atoms with E-state index in [9.17, 15) is 9.18 Å². The average molecular weight is 462 g/mol. The van der Waals surface area contributed by atoms with Crippen molar-refractivity contribution in [3.05, 3.63) is 42.0 Å². The van der Waals surface area contributed by atoms with Crippen molar-refractivity contribution in [3.8, 4) is 11.1 Å². The Bertz CT molecular complexity index is 878. The summed E-state index contributed by atoms with van der Waals surface area (Å²) in [6, 6.07) is 5.22. The molecule has 1 aliphatic carbocycles. The molecule has 3 rings (SSSR count). The molecule has 1 saturated carbocycles. The second-order valence-corrected chi connectivity index (χ2v) is 8.60. The summed E-state index contributed by atoms with van der Waals surface area (Å²) in [5.74, 6) is -0.221. The summed E-state index contributed by atoms with van der Waals surface area (Å²) in [7, 11) is 5.01. The second-order valence-electron chi connectivity index (χ2n) is 8.60. The molecule has 0 unspecified atom stereocenters. The van der Waals surface area contributed by atoms with Gasteiger partial charge >= 0.3 is 0 Å².